The van der Waals surface area contributed by atoms with Crippen LogP contribution < -0.4 is 0 Å². The summed E-state index contributed by atoms with van der Waals surface area (Å²) in [6.07, 6.45) is 0. The van der Waals surface area contributed by atoms with Gasteiger partial charge in [0.25, 0.3) is 0 Å². The zero-order valence-corrected chi connectivity index (χ0v) is 20.7. The molecule has 0 saturated carbocycles. The number of hydrogen-bond acceptors (Lipinski definition) is 0. The Bertz CT molecular complexity index is 3.25. The molecule has 0 spiro atoms. The molecule has 0 aromatic carbocycles. The van der Waals surface area contributed by atoms with Gasteiger partial charge in [0.05, 0.1) is 0 Å². The summed E-state index contributed by atoms with van der Waals surface area (Å²) in [7, 11) is 0. The number of hydrogen-bond donors (Lipinski definition) is 0. The SMILES string of the molecule is [Rb].[Rb].[Rb].[Sb]. The second kappa shape index (κ2) is 16.1. The Morgan fingerprint density at radius 1 is 0.500 bits per heavy atom. The van der Waals surface area contributed by atoms with Gasteiger partial charge in [0.1, 0.15) is 0 Å². The summed E-state index contributed by atoms with van der Waals surface area (Å²) in [5.74, 6) is 0. The van der Waals surface area contributed by atoms with E-state index in [0.29, 0.717) is 0 Å². The monoisotopic (exact) mass is 376 g/mol. The zero-order chi connectivity index (χ0) is 0. The molecule has 0 rings (SSSR count). The van der Waals surface area contributed by atoms with E-state index in [0.717, 1.165) is 0 Å². The largest absolute Gasteiger partial charge is 0 e. The first-order valence-corrected chi connectivity index (χ1v) is 0. The smallest absolute Gasteiger partial charge is 0 e. The maximum atomic E-state index is 0. The predicted octanol–water partition coefficient (Wildman–Crippen LogP) is -1.52. The van der Waals surface area contributed by atoms with E-state index in [1.165, 1.54) is 0 Å². The average molecular weight is 378 g/mol. The van der Waals surface area contributed by atoms with Crippen molar-refractivity contribution in [1.29, 1.82) is 0 Å². The normalized spacial score (nSPS) is 0. The molecule has 0 unspecified atom stereocenters. The van der Waals surface area contributed by atoms with Crippen molar-refractivity contribution in [3.8, 4) is 0 Å². The third-order valence-electron chi connectivity index (χ3n) is 0. The maximum absolute atomic E-state index is 0. The molecule has 4 heteroatoms. The van der Waals surface area contributed by atoms with Gasteiger partial charge in [0, 0.05) is 199 Å². The molecule has 0 aromatic rings. The molecule has 0 bridgehead atoms. The van der Waals surface area contributed by atoms with E-state index in [2.05, 4.69) is 0 Å². The first-order chi connectivity index (χ1) is 0. The summed E-state index contributed by atoms with van der Waals surface area (Å²) in [6, 6.07) is 0. The molecule has 0 heterocycles. The van der Waals surface area contributed by atoms with Gasteiger partial charge < -0.3 is 0 Å². The van der Waals surface area contributed by atoms with Gasteiger partial charge in [-0.1, -0.05) is 0 Å². The molecule has 0 N–H and O–H groups in total. The molecule has 0 aliphatic rings. The molecule has 0 aromatic heterocycles. The van der Waals surface area contributed by atoms with Crippen LogP contribution in [0, 0.1) is 0 Å². The van der Waals surface area contributed by atoms with E-state index in [1.54, 1.807) is 0 Å². The van der Waals surface area contributed by atoms with E-state index in [-0.39, 0.29) is 199 Å². The van der Waals surface area contributed by atoms with Crippen LogP contribution in [0.3, 0.4) is 0 Å². The zero-order valence-electron chi connectivity index (χ0n) is 3.45. The van der Waals surface area contributed by atoms with Crippen molar-refractivity contribution in [1.82, 2.24) is 0 Å². The molecule has 4 heavy (non-hydrogen) atoms. The Morgan fingerprint density at radius 3 is 0.500 bits per heavy atom. The summed E-state index contributed by atoms with van der Waals surface area (Å²) in [6.45, 7) is 0. The van der Waals surface area contributed by atoms with Gasteiger partial charge in [-0.25, -0.2) is 0 Å². The van der Waals surface area contributed by atoms with Crippen molar-refractivity contribution in [3.63, 3.8) is 0 Å². The molecule has 0 aliphatic carbocycles. The fourth-order valence-electron chi connectivity index (χ4n) is 0. The quantitative estimate of drug-likeness (QED) is 0.450. The summed E-state index contributed by atoms with van der Waals surface area (Å²) >= 11 is 0. The van der Waals surface area contributed by atoms with Crippen LogP contribution in [-0.4, -0.2) is 199 Å². The average Bonchev–Trinajstić information content (AvgIpc) is 0. The van der Waals surface area contributed by atoms with E-state index in [1.807, 2.05) is 0 Å². The molecule has 0 atom stereocenters. The topological polar surface area (TPSA) is 0 Å². The first kappa shape index (κ1) is 22.5. The third-order valence-corrected chi connectivity index (χ3v) is 0. The second-order valence-corrected chi connectivity index (χ2v) is 0. The van der Waals surface area contributed by atoms with Crippen LogP contribution in [0.1, 0.15) is 0 Å². The summed E-state index contributed by atoms with van der Waals surface area (Å²) in [4.78, 5) is 0. The van der Waals surface area contributed by atoms with E-state index >= 15 is 0 Å². The van der Waals surface area contributed by atoms with Gasteiger partial charge in [0.15, 0.2) is 0 Å². The fourth-order valence-corrected chi connectivity index (χ4v) is 0. The molecule has 0 saturated heterocycles. The summed E-state index contributed by atoms with van der Waals surface area (Å²) in [5.41, 5.74) is 0. The predicted molar refractivity (Wildman–Crippen MR) is 23.0 cm³/mol. The van der Waals surface area contributed by atoms with Crippen molar-refractivity contribution in [2.45, 2.75) is 0 Å². The number of rotatable bonds is 0. The van der Waals surface area contributed by atoms with Gasteiger partial charge in [-0.3, -0.25) is 0 Å². The standard InChI is InChI=1S/3Rb.Sb. The van der Waals surface area contributed by atoms with Crippen LogP contribution in [-0.2, 0) is 0 Å². The maximum Gasteiger partial charge on any atom is 0 e. The van der Waals surface area contributed by atoms with Crippen molar-refractivity contribution < 1.29 is 0 Å². The molecule has 0 nitrogen and oxygen atoms in total. The minimum Gasteiger partial charge on any atom is 0 e. The Labute approximate surface area is 191 Å². The first-order valence-electron chi connectivity index (χ1n) is 0. The Kier molecular flexibility index (Phi) is 90.4. The van der Waals surface area contributed by atoms with Gasteiger partial charge in [-0.2, -0.15) is 0 Å². The molecular weight excluding hydrogens is 378 g/mol. The molecule has 0 fully saturated rings. The Morgan fingerprint density at radius 2 is 0.500 bits per heavy atom. The van der Waals surface area contributed by atoms with Crippen LogP contribution >= 0.6 is 0 Å². The minimum absolute atomic E-state index is 0. The Balaban J connectivity index is 0. The second-order valence-electron chi connectivity index (χ2n) is 0. The molecule has 0 amide bonds. The molecule has 8 valence electrons. The van der Waals surface area contributed by atoms with Crippen LogP contribution in [0.4, 0.5) is 0 Å². The van der Waals surface area contributed by atoms with Crippen LogP contribution in [0.5, 0.6) is 0 Å². The van der Waals surface area contributed by atoms with Crippen molar-refractivity contribution in [2.24, 2.45) is 0 Å². The molecular formula is Rb3Sb. The van der Waals surface area contributed by atoms with Crippen molar-refractivity contribution in [2.75, 3.05) is 0 Å². The fraction of sp³-hybridized carbons (Fsp3) is 0. The molecule has 6 radical (unpaired) electrons. The molecule has 0 aliphatic heterocycles. The van der Waals surface area contributed by atoms with Gasteiger partial charge in [-0.15, -0.1) is 0 Å². The van der Waals surface area contributed by atoms with Crippen LogP contribution in [0.15, 0.2) is 0 Å². The van der Waals surface area contributed by atoms with Crippen LogP contribution in [0.25, 0.3) is 0 Å². The Hall–Kier alpha value is 6.23. The third kappa shape index (κ3) is 11.1. The van der Waals surface area contributed by atoms with Gasteiger partial charge in [-0.05, 0) is 0 Å². The summed E-state index contributed by atoms with van der Waals surface area (Å²) < 4.78 is 0. The summed E-state index contributed by atoms with van der Waals surface area (Å²) in [5, 5.41) is 0. The minimum atomic E-state index is 0. The van der Waals surface area contributed by atoms with Crippen LogP contribution in [0.2, 0.25) is 0 Å². The van der Waals surface area contributed by atoms with Crippen molar-refractivity contribution in [3.05, 3.63) is 0 Å². The van der Waals surface area contributed by atoms with E-state index in [9.17, 15) is 0 Å². The van der Waals surface area contributed by atoms with Crippen molar-refractivity contribution >= 4 is 199 Å². The van der Waals surface area contributed by atoms with Gasteiger partial charge in [0.2, 0.25) is 0 Å². The van der Waals surface area contributed by atoms with E-state index < -0.39 is 0 Å². The van der Waals surface area contributed by atoms with E-state index in [4.69, 9.17) is 0 Å². The van der Waals surface area contributed by atoms with Gasteiger partial charge >= 0.3 is 0 Å².